The Morgan fingerprint density at radius 3 is 2.42 bits per heavy atom. The predicted molar refractivity (Wildman–Crippen MR) is 62.7 cm³/mol. The number of anilines is 1. The highest BCUT2D eigenvalue weighted by Gasteiger charge is 2.30. The van der Waals surface area contributed by atoms with Crippen LogP contribution < -0.4 is 11.3 Å². The Bertz CT molecular complexity index is 716. The first kappa shape index (κ1) is 11.9. The van der Waals surface area contributed by atoms with Crippen molar-refractivity contribution in [2.24, 2.45) is 0 Å². The van der Waals surface area contributed by atoms with Gasteiger partial charge in [0.25, 0.3) is 5.56 Å². The smallest absolute Gasteiger partial charge is 0.294 e. The molecule has 19 heavy (non-hydrogen) atoms. The molecule has 7 heteroatoms. The van der Waals surface area contributed by atoms with Crippen LogP contribution in [-0.4, -0.2) is 9.78 Å². The van der Waals surface area contributed by atoms with E-state index in [1.54, 1.807) is 0 Å². The van der Waals surface area contributed by atoms with Gasteiger partial charge in [0.2, 0.25) is 0 Å². The van der Waals surface area contributed by atoms with Gasteiger partial charge in [-0.25, -0.2) is 17.9 Å². The molecule has 1 aliphatic rings. The lowest BCUT2D eigenvalue weighted by Gasteiger charge is -2.04. The number of halogens is 3. The van der Waals surface area contributed by atoms with Crippen LogP contribution in [0, 0.1) is 17.5 Å². The second kappa shape index (κ2) is 3.91. The van der Waals surface area contributed by atoms with Crippen LogP contribution in [0.1, 0.15) is 24.5 Å². The van der Waals surface area contributed by atoms with Gasteiger partial charge in [-0.1, -0.05) is 0 Å². The maximum absolute atomic E-state index is 13.6. The van der Waals surface area contributed by atoms with Gasteiger partial charge in [-0.3, -0.25) is 9.89 Å². The number of hydrogen-bond acceptors (Lipinski definition) is 2. The summed E-state index contributed by atoms with van der Waals surface area (Å²) >= 11 is 0. The van der Waals surface area contributed by atoms with Crippen LogP contribution in [0.15, 0.2) is 16.9 Å². The van der Waals surface area contributed by atoms with Crippen molar-refractivity contribution in [1.29, 1.82) is 0 Å². The number of nitrogens with one attached hydrogen (secondary N) is 1. The van der Waals surface area contributed by atoms with Gasteiger partial charge in [-0.2, -0.15) is 0 Å². The fourth-order valence-corrected chi connectivity index (χ4v) is 2.00. The highest BCUT2D eigenvalue weighted by molar-refractivity contribution is 5.47. The van der Waals surface area contributed by atoms with E-state index in [0.29, 0.717) is 17.8 Å². The Balaban J connectivity index is 2.20. The monoisotopic (exact) mass is 269 g/mol. The fraction of sp³-hybridized carbons (Fsp3) is 0.250. The van der Waals surface area contributed by atoms with Crippen LogP contribution >= 0.6 is 0 Å². The quantitative estimate of drug-likeness (QED) is 0.819. The number of nitrogens with zero attached hydrogens (tertiary/aromatic N) is 1. The van der Waals surface area contributed by atoms with Crippen molar-refractivity contribution < 1.29 is 13.2 Å². The molecule has 1 saturated carbocycles. The van der Waals surface area contributed by atoms with Gasteiger partial charge < -0.3 is 5.73 Å². The molecule has 0 amide bonds. The molecular formula is C12H10F3N3O. The summed E-state index contributed by atoms with van der Waals surface area (Å²) in [5.74, 6) is -3.42. The SMILES string of the molecule is Nc1c(C2CC2)[nH]n(-c2cc(F)c(F)cc2F)c1=O. The Morgan fingerprint density at radius 1 is 1.16 bits per heavy atom. The number of benzene rings is 1. The van der Waals surface area contributed by atoms with E-state index in [0.717, 1.165) is 17.5 Å². The van der Waals surface area contributed by atoms with Gasteiger partial charge in [-0.15, -0.1) is 0 Å². The lowest BCUT2D eigenvalue weighted by atomic mass is 10.2. The largest absolute Gasteiger partial charge is 0.393 e. The number of hydrogen-bond donors (Lipinski definition) is 2. The number of H-pyrrole nitrogens is 1. The van der Waals surface area contributed by atoms with Crippen molar-refractivity contribution in [2.75, 3.05) is 5.73 Å². The summed E-state index contributed by atoms with van der Waals surface area (Å²) in [6.45, 7) is 0. The molecule has 1 aromatic heterocycles. The van der Waals surface area contributed by atoms with Crippen LogP contribution in [0.4, 0.5) is 18.9 Å². The molecule has 3 rings (SSSR count). The van der Waals surface area contributed by atoms with E-state index in [9.17, 15) is 18.0 Å². The Morgan fingerprint density at radius 2 is 1.79 bits per heavy atom. The summed E-state index contributed by atoms with van der Waals surface area (Å²) in [5, 5.41) is 2.67. The van der Waals surface area contributed by atoms with Gasteiger partial charge in [0.1, 0.15) is 11.4 Å². The van der Waals surface area contributed by atoms with Gasteiger partial charge in [0, 0.05) is 18.1 Å². The molecule has 0 atom stereocenters. The van der Waals surface area contributed by atoms with Crippen LogP contribution in [-0.2, 0) is 0 Å². The standard InChI is InChI=1S/C12H10F3N3O/c13-6-3-8(15)9(4-7(6)14)18-12(19)10(16)11(17-18)5-1-2-5/h3-5,17H,1-2,16H2. The minimum absolute atomic E-state index is 0.00775. The maximum Gasteiger partial charge on any atom is 0.294 e. The van der Waals surface area contributed by atoms with E-state index in [-0.39, 0.29) is 17.3 Å². The van der Waals surface area contributed by atoms with E-state index in [4.69, 9.17) is 5.73 Å². The van der Waals surface area contributed by atoms with Crippen molar-refractivity contribution in [3.63, 3.8) is 0 Å². The molecule has 0 unspecified atom stereocenters. The van der Waals surface area contributed by atoms with Crippen LogP contribution in [0.2, 0.25) is 0 Å². The van der Waals surface area contributed by atoms with E-state index in [1.807, 2.05) is 0 Å². The normalized spacial score (nSPS) is 14.9. The summed E-state index contributed by atoms with van der Waals surface area (Å²) < 4.78 is 40.4. The zero-order valence-electron chi connectivity index (χ0n) is 9.71. The second-order valence-corrected chi connectivity index (χ2v) is 4.57. The third kappa shape index (κ3) is 1.81. The van der Waals surface area contributed by atoms with Gasteiger partial charge in [-0.05, 0) is 12.8 Å². The molecule has 4 nitrogen and oxygen atoms in total. The van der Waals surface area contributed by atoms with E-state index < -0.39 is 23.0 Å². The summed E-state index contributed by atoms with van der Waals surface area (Å²) in [5.41, 5.74) is 5.11. The van der Waals surface area contributed by atoms with Crippen molar-refractivity contribution in [2.45, 2.75) is 18.8 Å². The molecule has 0 saturated heterocycles. The molecule has 2 aromatic rings. The number of nitrogen functional groups attached to an aromatic ring is 1. The topological polar surface area (TPSA) is 63.8 Å². The molecule has 3 N–H and O–H groups in total. The van der Waals surface area contributed by atoms with Gasteiger partial charge >= 0.3 is 0 Å². The van der Waals surface area contributed by atoms with E-state index >= 15 is 0 Å². The van der Waals surface area contributed by atoms with Crippen molar-refractivity contribution in [1.82, 2.24) is 9.78 Å². The van der Waals surface area contributed by atoms with Crippen molar-refractivity contribution >= 4 is 5.69 Å². The van der Waals surface area contributed by atoms with Crippen LogP contribution in [0.25, 0.3) is 5.69 Å². The highest BCUT2D eigenvalue weighted by atomic mass is 19.2. The summed E-state index contributed by atoms with van der Waals surface area (Å²) in [6.07, 6.45) is 1.79. The Kier molecular flexibility index (Phi) is 2.44. The molecule has 0 spiro atoms. The lowest BCUT2D eigenvalue weighted by molar-refractivity contribution is 0.491. The molecule has 0 aliphatic heterocycles. The fourth-order valence-electron chi connectivity index (χ4n) is 2.00. The van der Waals surface area contributed by atoms with E-state index in [1.165, 1.54) is 0 Å². The number of aromatic nitrogens is 2. The Hall–Kier alpha value is -2.18. The average Bonchev–Trinajstić information content (AvgIpc) is 3.15. The molecule has 0 radical (unpaired) electrons. The minimum atomic E-state index is -1.31. The number of aromatic amines is 1. The van der Waals surface area contributed by atoms with Crippen LogP contribution in [0.3, 0.4) is 0 Å². The van der Waals surface area contributed by atoms with Crippen LogP contribution in [0.5, 0.6) is 0 Å². The zero-order chi connectivity index (χ0) is 13.7. The molecule has 100 valence electrons. The average molecular weight is 269 g/mol. The van der Waals surface area contributed by atoms with E-state index in [2.05, 4.69) is 5.10 Å². The molecule has 0 bridgehead atoms. The Labute approximate surface area is 105 Å². The first-order chi connectivity index (χ1) is 8.99. The third-order valence-corrected chi connectivity index (χ3v) is 3.17. The minimum Gasteiger partial charge on any atom is -0.393 e. The lowest BCUT2D eigenvalue weighted by Crippen LogP contribution is -2.18. The zero-order valence-corrected chi connectivity index (χ0v) is 9.71. The summed E-state index contributed by atoms with van der Waals surface area (Å²) in [6, 6.07) is 1.02. The molecule has 1 aliphatic carbocycles. The highest BCUT2D eigenvalue weighted by Crippen LogP contribution is 2.40. The molecule has 1 heterocycles. The third-order valence-electron chi connectivity index (χ3n) is 3.17. The summed E-state index contributed by atoms with van der Waals surface area (Å²) in [7, 11) is 0. The number of rotatable bonds is 2. The van der Waals surface area contributed by atoms with Crippen molar-refractivity contribution in [3.05, 3.63) is 45.6 Å². The predicted octanol–water partition coefficient (Wildman–Crippen LogP) is 2.04. The molecular weight excluding hydrogens is 259 g/mol. The number of nitrogens with two attached hydrogens (primary N) is 1. The first-order valence-electron chi connectivity index (χ1n) is 5.74. The van der Waals surface area contributed by atoms with Gasteiger partial charge in [0.15, 0.2) is 17.5 Å². The molecule has 1 fully saturated rings. The van der Waals surface area contributed by atoms with Gasteiger partial charge in [0.05, 0.1) is 5.69 Å². The first-order valence-corrected chi connectivity index (χ1v) is 5.74. The maximum atomic E-state index is 13.6. The van der Waals surface area contributed by atoms with Crippen molar-refractivity contribution in [3.8, 4) is 5.69 Å². The summed E-state index contributed by atoms with van der Waals surface area (Å²) in [4.78, 5) is 11.9. The molecule has 1 aromatic carbocycles. The second-order valence-electron chi connectivity index (χ2n) is 4.57.